The summed E-state index contributed by atoms with van der Waals surface area (Å²) in [6.07, 6.45) is 0. The summed E-state index contributed by atoms with van der Waals surface area (Å²) in [5.74, 6) is 0. The lowest BCUT2D eigenvalue weighted by Crippen LogP contribution is -1.91. The standard InChI is InChI=1S/C52H30S2/c1-2-12-31(13-3-1)34-22-23-36-27-37(25-24-35(36)26-34)48-38-16-6-8-18-40(38)49(41-19-9-7-17-39(41)48)44-30-47-51(52-50(44)42-20-10-11-21-45(42)54-52)43-28-32-14-4-5-15-33(32)29-46(43)53-47/h1-30H. The molecule has 0 aliphatic heterocycles. The molecule has 0 unspecified atom stereocenters. The van der Waals surface area contributed by atoms with Crippen molar-refractivity contribution in [3.63, 3.8) is 0 Å². The molecule has 12 rings (SSSR count). The fourth-order valence-corrected chi connectivity index (χ4v) is 11.5. The van der Waals surface area contributed by atoms with E-state index in [-0.39, 0.29) is 0 Å². The predicted octanol–water partition coefficient (Wildman–Crippen LogP) is 16.0. The van der Waals surface area contributed by atoms with Gasteiger partial charge in [-0.1, -0.05) is 146 Å². The van der Waals surface area contributed by atoms with Gasteiger partial charge in [-0.15, -0.1) is 22.7 Å². The van der Waals surface area contributed by atoms with Crippen molar-refractivity contribution in [2.24, 2.45) is 0 Å². The Morgan fingerprint density at radius 2 is 0.833 bits per heavy atom. The van der Waals surface area contributed by atoms with E-state index in [2.05, 4.69) is 182 Å². The van der Waals surface area contributed by atoms with Gasteiger partial charge >= 0.3 is 0 Å². The summed E-state index contributed by atoms with van der Waals surface area (Å²) in [5, 5.41) is 15.6. The Balaban J connectivity index is 1.16. The summed E-state index contributed by atoms with van der Waals surface area (Å²) in [5.41, 5.74) is 7.65. The molecule has 0 saturated heterocycles. The molecular weight excluding hydrogens is 689 g/mol. The van der Waals surface area contributed by atoms with Gasteiger partial charge in [0.1, 0.15) is 0 Å². The quantitative estimate of drug-likeness (QED) is 0.160. The summed E-state index contributed by atoms with van der Waals surface area (Å²) in [6.45, 7) is 0. The van der Waals surface area contributed by atoms with Crippen LogP contribution in [0.4, 0.5) is 0 Å². The average molecular weight is 719 g/mol. The number of thiophene rings is 2. The monoisotopic (exact) mass is 718 g/mol. The SMILES string of the molecule is c1ccc(-c2ccc3cc(-c4c5ccccc5c(-c5cc6sc7cc8ccccc8cc7c6c6sc7ccccc7c56)c5ccccc45)ccc3c2)cc1. The normalized spacial score (nSPS) is 12.1. The third-order valence-corrected chi connectivity index (χ3v) is 13.7. The molecule has 2 aromatic heterocycles. The van der Waals surface area contributed by atoms with Crippen molar-refractivity contribution >= 4 is 106 Å². The first kappa shape index (κ1) is 30.2. The zero-order chi connectivity index (χ0) is 35.3. The van der Waals surface area contributed by atoms with E-state index in [9.17, 15) is 0 Å². The smallest absolute Gasteiger partial charge is 0.0454 e. The molecule has 0 nitrogen and oxygen atoms in total. The summed E-state index contributed by atoms with van der Waals surface area (Å²) in [7, 11) is 0. The molecule has 250 valence electrons. The topological polar surface area (TPSA) is 0 Å². The highest BCUT2D eigenvalue weighted by Gasteiger charge is 2.23. The number of fused-ring (bicyclic) bond motifs is 11. The lowest BCUT2D eigenvalue weighted by atomic mass is 9.84. The molecule has 0 aliphatic rings. The van der Waals surface area contributed by atoms with Gasteiger partial charge in [0.15, 0.2) is 0 Å². The zero-order valence-electron chi connectivity index (χ0n) is 29.1. The highest BCUT2D eigenvalue weighted by atomic mass is 32.1. The van der Waals surface area contributed by atoms with Crippen LogP contribution in [0.15, 0.2) is 182 Å². The number of rotatable bonds is 3. The minimum absolute atomic E-state index is 1.24. The van der Waals surface area contributed by atoms with Gasteiger partial charge in [0.05, 0.1) is 0 Å². The van der Waals surface area contributed by atoms with Gasteiger partial charge in [-0.05, 0) is 113 Å². The van der Waals surface area contributed by atoms with E-state index < -0.39 is 0 Å². The third kappa shape index (κ3) is 4.42. The Kier molecular flexibility index (Phi) is 6.48. The molecule has 0 N–H and O–H groups in total. The Bertz CT molecular complexity index is 3430. The van der Waals surface area contributed by atoms with Gasteiger partial charge in [-0.25, -0.2) is 0 Å². The van der Waals surface area contributed by atoms with Crippen molar-refractivity contribution < 1.29 is 0 Å². The molecular formula is C52H30S2. The molecule has 0 amide bonds. The van der Waals surface area contributed by atoms with Crippen molar-refractivity contribution in [1.29, 1.82) is 0 Å². The number of hydrogen-bond acceptors (Lipinski definition) is 2. The van der Waals surface area contributed by atoms with Crippen LogP contribution in [0.25, 0.3) is 117 Å². The summed E-state index contributed by atoms with van der Waals surface area (Å²) in [6, 6.07) is 67.8. The molecule has 54 heavy (non-hydrogen) atoms. The maximum absolute atomic E-state index is 2.51. The van der Waals surface area contributed by atoms with Gasteiger partial charge in [0.25, 0.3) is 0 Å². The first-order valence-corrected chi connectivity index (χ1v) is 20.1. The number of hydrogen-bond donors (Lipinski definition) is 0. The van der Waals surface area contributed by atoms with E-state index in [0.29, 0.717) is 0 Å². The average Bonchev–Trinajstić information content (AvgIpc) is 3.79. The van der Waals surface area contributed by atoms with Crippen LogP contribution in [0.5, 0.6) is 0 Å². The second-order valence-corrected chi connectivity index (χ2v) is 16.5. The molecule has 0 aliphatic carbocycles. The molecule has 0 fully saturated rings. The molecule has 0 atom stereocenters. The molecule has 0 spiro atoms. The van der Waals surface area contributed by atoms with E-state index in [1.54, 1.807) is 0 Å². The van der Waals surface area contributed by atoms with E-state index >= 15 is 0 Å². The minimum Gasteiger partial charge on any atom is -0.135 e. The first-order valence-electron chi connectivity index (χ1n) is 18.5. The van der Waals surface area contributed by atoms with Crippen LogP contribution in [-0.2, 0) is 0 Å². The van der Waals surface area contributed by atoms with Crippen LogP contribution >= 0.6 is 22.7 Å². The van der Waals surface area contributed by atoms with Gasteiger partial charge in [0, 0.05) is 40.3 Å². The van der Waals surface area contributed by atoms with Crippen LogP contribution < -0.4 is 0 Å². The molecule has 12 aromatic rings. The second kappa shape index (κ2) is 11.6. The lowest BCUT2D eigenvalue weighted by molar-refractivity contribution is 1.64. The zero-order valence-corrected chi connectivity index (χ0v) is 30.8. The Morgan fingerprint density at radius 1 is 0.278 bits per heavy atom. The van der Waals surface area contributed by atoms with Crippen molar-refractivity contribution in [1.82, 2.24) is 0 Å². The number of benzene rings is 10. The molecule has 0 saturated carbocycles. The van der Waals surface area contributed by atoms with E-state index in [1.165, 1.54) is 117 Å². The van der Waals surface area contributed by atoms with Crippen molar-refractivity contribution in [3.8, 4) is 33.4 Å². The van der Waals surface area contributed by atoms with Crippen LogP contribution in [0.2, 0.25) is 0 Å². The third-order valence-electron chi connectivity index (χ3n) is 11.4. The van der Waals surface area contributed by atoms with Crippen LogP contribution in [-0.4, -0.2) is 0 Å². The van der Waals surface area contributed by atoms with Gasteiger partial charge in [0.2, 0.25) is 0 Å². The maximum Gasteiger partial charge on any atom is 0.0454 e. The lowest BCUT2D eigenvalue weighted by Gasteiger charge is -2.19. The molecule has 2 heteroatoms. The largest absolute Gasteiger partial charge is 0.135 e. The highest BCUT2D eigenvalue weighted by molar-refractivity contribution is 7.30. The van der Waals surface area contributed by atoms with Crippen LogP contribution in [0.3, 0.4) is 0 Å². The second-order valence-electron chi connectivity index (χ2n) is 14.4. The fraction of sp³-hybridized carbons (Fsp3) is 0. The van der Waals surface area contributed by atoms with Gasteiger partial charge in [-0.3, -0.25) is 0 Å². The highest BCUT2D eigenvalue weighted by Crippen LogP contribution is 2.52. The molecule has 0 bridgehead atoms. The van der Waals surface area contributed by atoms with Crippen molar-refractivity contribution in [3.05, 3.63) is 182 Å². The summed E-state index contributed by atoms with van der Waals surface area (Å²) < 4.78 is 5.40. The van der Waals surface area contributed by atoms with Crippen LogP contribution in [0, 0.1) is 0 Å². The van der Waals surface area contributed by atoms with Gasteiger partial charge in [-0.2, -0.15) is 0 Å². The van der Waals surface area contributed by atoms with E-state index in [4.69, 9.17) is 0 Å². The fourth-order valence-electron chi connectivity index (χ4n) is 8.97. The molecule has 10 aromatic carbocycles. The van der Waals surface area contributed by atoms with Crippen molar-refractivity contribution in [2.75, 3.05) is 0 Å². The molecule has 0 radical (unpaired) electrons. The summed E-state index contributed by atoms with van der Waals surface area (Å²) in [4.78, 5) is 0. The van der Waals surface area contributed by atoms with E-state index in [0.717, 1.165) is 0 Å². The van der Waals surface area contributed by atoms with Crippen LogP contribution in [0.1, 0.15) is 0 Å². The van der Waals surface area contributed by atoms with Gasteiger partial charge < -0.3 is 0 Å². The maximum atomic E-state index is 2.51. The van der Waals surface area contributed by atoms with E-state index in [1.807, 2.05) is 22.7 Å². The van der Waals surface area contributed by atoms with Crippen molar-refractivity contribution in [2.45, 2.75) is 0 Å². The first-order chi connectivity index (χ1) is 26.8. The predicted molar refractivity (Wildman–Crippen MR) is 239 cm³/mol. The Hall–Kier alpha value is -6.32. The Morgan fingerprint density at radius 3 is 1.56 bits per heavy atom. The molecule has 2 heterocycles. The minimum atomic E-state index is 1.24. The Labute approximate surface area is 319 Å². The summed E-state index contributed by atoms with van der Waals surface area (Å²) >= 11 is 3.87.